The van der Waals surface area contributed by atoms with Gasteiger partial charge in [0.25, 0.3) is 0 Å². The highest BCUT2D eigenvalue weighted by Crippen LogP contribution is 2.16. The molecule has 13 heavy (non-hydrogen) atoms. The monoisotopic (exact) mass is 190 g/mol. The van der Waals surface area contributed by atoms with Crippen LogP contribution >= 0.6 is 11.3 Å². The number of hydrogen-bond donors (Lipinski definition) is 0. The van der Waals surface area contributed by atoms with Gasteiger partial charge >= 0.3 is 0 Å². The second-order valence-corrected chi connectivity index (χ2v) is 4.04. The molecule has 0 nitrogen and oxygen atoms in total. The van der Waals surface area contributed by atoms with E-state index in [2.05, 4.69) is 31.2 Å². The van der Waals surface area contributed by atoms with Gasteiger partial charge in [0, 0.05) is 9.75 Å². The van der Waals surface area contributed by atoms with Crippen molar-refractivity contribution in [1.82, 2.24) is 0 Å². The van der Waals surface area contributed by atoms with Crippen molar-refractivity contribution in [1.29, 1.82) is 0 Å². The summed E-state index contributed by atoms with van der Waals surface area (Å²) in [7, 11) is 0. The summed E-state index contributed by atoms with van der Waals surface area (Å²) in [6.45, 7) is 4.13. The van der Waals surface area contributed by atoms with Crippen LogP contribution in [0, 0.1) is 6.92 Å². The van der Waals surface area contributed by atoms with E-state index in [1.165, 1.54) is 9.75 Å². The molecule has 0 fully saturated rings. The molecule has 0 spiro atoms. The third-order valence-electron chi connectivity index (χ3n) is 1.55. The summed E-state index contributed by atoms with van der Waals surface area (Å²) in [5.74, 6) is 0. The minimum atomic E-state index is 1.31. The zero-order valence-electron chi connectivity index (χ0n) is 8.03. The molecule has 68 valence electrons. The smallest absolute Gasteiger partial charge is 0.0273 e. The quantitative estimate of drug-likeness (QED) is 0.626. The van der Waals surface area contributed by atoms with Crippen LogP contribution in [-0.2, 0) is 0 Å². The van der Waals surface area contributed by atoms with E-state index >= 15 is 0 Å². The maximum Gasteiger partial charge on any atom is 0.0273 e. The summed E-state index contributed by atoms with van der Waals surface area (Å²) < 4.78 is 0. The van der Waals surface area contributed by atoms with Crippen molar-refractivity contribution in [2.45, 2.75) is 13.8 Å². The van der Waals surface area contributed by atoms with Gasteiger partial charge in [0.2, 0.25) is 0 Å². The standard InChI is InChI=1S/C12H14S/c1-3-4-5-6-7-8-12-10-9-11(2)13-12/h3-10H,1-2H3/b4-3+,6-5+,8-7+. The zero-order chi connectivity index (χ0) is 9.52. The summed E-state index contributed by atoms with van der Waals surface area (Å²) in [5, 5.41) is 0. The van der Waals surface area contributed by atoms with Gasteiger partial charge in [-0.25, -0.2) is 0 Å². The molecule has 1 aromatic rings. The lowest BCUT2D eigenvalue weighted by atomic mass is 10.3. The zero-order valence-corrected chi connectivity index (χ0v) is 8.84. The van der Waals surface area contributed by atoms with Crippen molar-refractivity contribution in [3.8, 4) is 0 Å². The molecule has 1 aromatic heterocycles. The van der Waals surface area contributed by atoms with Crippen LogP contribution in [-0.4, -0.2) is 0 Å². The Morgan fingerprint density at radius 3 is 2.46 bits per heavy atom. The average Bonchev–Trinajstić information content (AvgIpc) is 2.51. The van der Waals surface area contributed by atoms with Crippen molar-refractivity contribution in [2.75, 3.05) is 0 Å². The second kappa shape index (κ2) is 5.55. The van der Waals surface area contributed by atoms with E-state index in [0.29, 0.717) is 0 Å². The van der Waals surface area contributed by atoms with Gasteiger partial charge in [-0.3, -0.25) is 0 Å². The first kappa shape index (κ1) is 10.0. The Hall–Kier alpha value is -1.08. The number of allylic oxidation sites excluding steroid dienone is 5. The Morgan fingerprint density at radius 2 is 1.85 bits per heavy atom. The van der Waals surface area contributed by atoms with Gasteiger partial charge < -0.3 is 0 Å². The van der Waals surface area contributed by atoms with Crippen LogP contribution in [0.2, 0.25) is 0 Å². The fraction of sp³-hybridized carbons (Fsp3) is 0.167. The van der Waals surface area contributed by atoms with Crippen LogP contribution in [0.15, 0.2) is 42.5 Å². The maximum atomic E-state index is 2.14. The Bertz CT molecular complexity index is 327. The summed E-state index contributed by atoms with van der Waals surface area (Å²) >= 11 is 1.81. The number of hydrogen-bond acceptors (Lipinski definition) is 1. The van der Waals surface area contributed by atoms with Crippen molar-refractivity contribution in [3.05, 3.63) is 52.3 Å². The van der Waals surface area contributed by atoms with E-state index < -0.39 is 0 Å². The van der Waals surface area contributed by atoms with Crippen molar-refractivity contribution in [3.63, 3.8) is 0 Å². The van der Waals surface area contributed by atoms with Crippen LogP contribution in [0.4, 0.5) is 0 Å². The Morgan fingerprint density at radius 1 is 1.08 bits per heavy atom. The minimum Gasteiger partial charge on any atom is -0.141 e. The lowest BCUT2D eigenvalue weighted by Gasteiger charge is -1.79. The molecule has 0 saturated carbocycles. The third-order valence-corrected chi connectivity index (χ3v) is 2.51. The first-order valence-corrected chi connectivity index (χ1v) is 5.17. The topological polar surface area (TPSA) is 0 Å². The van der Waals surface area contributed by atoms with Crippen molar-refractivity contribution in [2.24, 2.45) is 0 Å². The van der Waals surface area contributed by atoms with Crippen LogP contribution in [0.25, 0.3) is 6.08 Å². The predicted molar refractivity (Wildman–Crippen MR) is 62.0 cm³/mol. The fourth-order valence-electron chi connectivity index (χ4n) is 0.933. The molecule has 0 unspecified atom stereocenters. The van der Waals surface area contributed by atoms with Gasteiger partial charge in [-0.2, -0.15) is 0 Å². The third kappa shape index (κ3) is 3.90. The molecule has 0 amide bonds. The second-order valence-electron chi connectivity index (χ2n) is 2.72. The predicted octanol–water partition coefficient (Wildman–Crippen LogP) is 4.20. The SMILES string of the molecule is C/C=C/C=C/C=C/c1ccc(C)s1. The fourth-order valence-corrected chi connectivity index (χ4v) is 1.72. The first-order valence-electron chi connectivity index (χ1n) is 4.35. The minimum absolute atomic E-state index is 1.31. The van der Waals surface area contributed by atoms with Gasteiger partial charge in [0.1, 0.15) is 0 Å². The highest BCUT2D eigenvalue weighted by molar-refractivity contribution is 7.12. The Labute approximate surface area is 83.9 Å². The molecule has 1 heterocycles. The molecule has 0 aliphatic carbocycles. The molecule has 0 bridgehead atoms. The van der Waals surface area contributed by atoms with Crippen LogP contribution in [0.1, 0.15) is 16.7 Å². The summed E-state index contributed by atoms with van der Waals surface area (Å²) in [4.78, 5) is 2.67. The first-order chi connectivity index (χ1) is 6.33. The highest BCUT2D eigenvalue weighted by Gasteiger charge is 1.88. The molecule has 1 rings (SSSR count). The lowest BCUT2D eigenvalue weighted by Crippen LogP contribution is -1.54. The molecule has 0 saturated heterocycles. The molecule has 0 N–H and O–H groups in total. The normalized spacial score (nSPS) is 12.5. The van der Waals surface area contributed by atoms with Crippen molar-refractivity contribution < 1.29 is 0 Å². The molecule has 0 aromatic carbocycles. The molecular weight excluding hydrogens is 176 g/mol. The van der Waals surface area contributed by atoms with Gasteiger partial charge in [-0.15, -0.1) is 11.3 Å². The van der Waals surface area contributed by atoms with E-state index in [4.69, 9.17) is 0 Å². The highest BCUT2D eigenvalue weighted by atomic mass is 32.1. The Kier molecular flexibility index (Phi) is 4.27. The van der Waals surface area contributed by atoms with Gasteiger partial charge in [0.15, 0.2) is 0 Å². The number of rotatable bonds is 3. The van der Waals surface area contributed by atoms with Crippen LogP contribution < -0.4 is 0 Å². The largest absolute Gasteiger partial charge is 0.141 e. The van der Waals surface area contributed by atoms with Gasteiger partial charge in [-0.05, 0) is 32.1 Å². The summed E-state index contributed by atoms with van der Waals surface area (Å²) in [6, 6.07) is 4.28. The van der Waals surface area contributed by atoms with E-state index in [-0.39, 0.29) is 0 Å². The Balaban J connectivity index is 2.49. The van der Waals surface area contributed by atoms with Crippen LogP contribution in [0.5, 0.6) is 0 Å². The van der Waals surface area contributed by atoms with Gasteiger partial charge in [0.05, 0.1) is 0 Å². The molecule has 1 heteroatoms. The van der Waals surface area contributed by atoms with E-state index in [1.807, 2.05) is 42.6 Å². The van der Waals surface area contributed by atoms with Gasteiger partial charge in [-0.1, -0.05) is 30.4 Å². The number of thiophene rings is 1. The molecule has 0 atom stereocenters. The molecular formula is C12H14S. The summed E-state index contributed by atoms with van der Waals surface area (Å²) in [6.07, 6.45) is 12.3. The van der Waals surface area contributed by atoms with Crippen molar-refractivity contribution >= 4 is 17.4 Å². The summed E-state index contributed by atoms with van der Waals surface area (Å²) in [5.41, 5.74) is 0. The molecule has 0 aliphatic rings. The molecule has 0 aliphatic heterocycles. The molecule has 0 radical (unpaired) electrons. The maximum absolute atomic E-state index is 2.14. The van der Waals surface area contributed by atoms with Crippen LogP contribution in [0.3, 0.4) is 0 Å². The number of aryl methyl sites for hydroxylation is 1. The van der Waals surface area contributed by atoms with E-state index in [9.17, 15) is 0 Å². The van der Waals surface area contributed by atoms with E-state index in [1.54, 1.807) is 0 Å². The van der Waals surface area contributed by atoms with E-state index in [0.717, 1.165) is 0 Å². The average molecular weight is 190 g/mol. The lowest BCUT2D eigenvalue weighted by molar-refractivity contribution is 1.64.